The van der Waals surface area contributed by atoms with Crippen molar-refractivity contribution >= 4 is 11.9 Å². The average Bonchev–Trinajstić information content (AvgIpc) is 3.20. The van der Waals surface area contributed by atoms with Gasteiger partial charge < -0.3 is 25.9 Å². The van der Waals surface area contributed by atoms with Crippen LogP contribution >= 0.6 is 0 Å². The molecule has 0 aliphatic heterocycles. The molecule has 0 aromatic rings. The number of rotatable bonds is 45. The number of aliphatic hydroxyl groups excluding tert-OH is 1. The Bertz CT molecular complexity index is 829. The van der Waals surface area contributed by atoms with Crippen molar-refractivity contribution in [3.05, 3.63) is 6.42 Å². The van der Waals surface area contributed by atoms with E-state index >= 15 is 0 Å². The van der Waals surface area contributed by atoms with Gasteiger partial charge in [0.05, 0.1) is 13.2 Å². The number of esters is 2. The van der Waals surface area contributed by atoms with E-state index in [4.69, 9.17) is 9.47 Å². The molecule has 0 fully saturated rings. The third-order valence-corrected chi connectivity index (χ3v) is 12.2. The van der Waals surface area contributed by atoms with Crippen LogP contribution in [0.2, 0.25) is 0 Å². The summed E-state index contributed by atoms with van der Waals surface area (Å²) in [6.45, 7) is 16.0. The van der Waals surface area contributed by atoms with Crippen LogP contribution in [-0.2, 0) is 38.9 Å². The Morgan fingerprint density at radius 2 is 0.982 bits per heavy atom. The Labute approximate surface area is 369 Å². The molecule has 1 N–H and O–H groups in total. The van der Waals surface area contributed by atoms with Crippen molar-refractivity contribution in [1.82, 2.24) is 4.90 Å². The van der Waals surface area contributed by atoms with Crippen molar-refractivity contribution in [2.24, 2.45) is 17.8 Å². The monoisotopic (exact) mass is 985 g/mol. The van der Waals surface area contributed by atoms with Gasteiger partial charge in [0.2, 0.25) is 0 Å². The van der Waals surface area contributed by atoms with Crippen LogP contribution in [0.15, 0.2) is 0 Å². The first kappa shape index (κ1) is 58.6. The average molecular weight is 984 g/mol. The summed E-state index contributed by atoms with van der Waals surface area (Å²) in [5, 5.41) is 9.22. The SMILES string of the molecule is CCCCCCCC(CCCCC)CCOC(=O)CCCC[CH-]CN(CCCCCO)CCCCCCC(=O)OCCC(CC)C(CCCC)CCCCCC.[Os+]. The van der Waals surface area contributed by atoms with Gasteiger partial charge in [-0.1, -0.05) is 176 Å². The maximum absolute atomic E-state index is 12.5. The Morgan fingerprint density at radius 1 is 0.509 bits per heavy atom. The molecular weight excluding hydrogens is 885 g/mol. The third-order valence-electron chi connectivity index (χ3n) is 12.2. The fourth-order valence-corrected chi connectivity index (χ4v) is 8.36. The zero-order valence-corrected chi connectivity index (χ0v) is 41.3. The van der Waals surface area contributed by atoms with Crippen LogP contribution < -0.4 is 0 Å². The van der Waals surface area contributed by atoms with E-state index in [0.29, 0.717) is 37.9 Å². The van der Waals surface area contributed by atoms with E-state index in [0.717, 1.165) is 103 Å². The molecule has 0 spiro atoms. The van der Waals surface area contributed by atoms with Gasteiger partial charge >= 0.3 is 31.7 Å². The first-order chi connectivity index (χ1) is 27.4. The van der Waals surface area contributed by atoms with Crippen LogP contribution in [-0.4, -0.2) is 61.4 Å². The predicted molar refractivity (Wildman–Crippen MR) is 241 cm³/mol. The standard InChI is InChI=1S/C50H98NO5.Os/c1-6-11-15-17-24-33-46(32-23-13-8-3)38-44-55-49(53)36-26-18-20-28-40-51(42-30-22-31-43-52)41-29-21-19-27-37-50(54)56-45-39-47(10-5)48(34-14-9-4)35-25-16-12-7-2;/h28,46-48,52H,6-27,29-45H2,1-5H3;/q-1;+1. The number of nitrogens with zero attached hydrogens (tertiary/aromatic N) is 1. The van der Waals surface area contributed by atoms with Crippen LogP contribution in [0.3, 0.4) is 0 Å². The van der Waals surface area contributed by atoms with Gasteiger partial charge in [-0.3, -0.25) is 9.59 Å². The van der Waals surface area contributed by atoms with E-state index in [1.54, 1.807) is 0 Å². The van der Waals surface area contributed by atoms with Crippen LogP contribution in [0.1, 0.15) is 247 Å². The Balaban J connectivity index is 0. The molecule has 0 aromatic carbocycles. The molecule has 6 nitrogen and oxygen atoms in total. The van der Waals surface area contributed by atoms with Gasteiger partial charge in [-0.25, -0.2) is 0 Å². The predicted octanol–water partition coefficient (Wildman–Crippen LogP) is 14.4. The topological polar surface area (TPSA) is 76.1 Å². The van der Waals surface area contributed by atoms with Gasteiger partial charge in [-0.05, 0) is 82.2 Å². The number of carbonyl (C=O) groups excluding carboxylic acids is 2. The second-order valence-corrected chi connectivity index (χ2v) is 17.3. The van der Waals surface area contributed by atoms with Crippen LogP contribution in [0.5, 0.6) is 0 Å². The van der Waals surface area contributed by atoms with E-state index in [9.17, 15) is 14.7 Å². The minimum Gasteiger partial charge on any atom is -0.466 e. The van der Waals surface area contributed by atoms with E-state index < -0.39 is 0 Å². The molecule has 0 aliphatic rings. The maximum Gasteiger partial charge on any atom is 1.00 e. The van der Waals surface area contributed by atoms with Crippen molar-refractivity contribution in [3.63, 3.8) is 0 Å². The molecule has 0 saturated heterocycles. The zero-order valence-electron chi connectivity index (χ0n) is 38.8. The summed E-state index contributed by atoms with van der Waals surface area (Å²) in [7, 11) is 0. The Kier molecular flexibility index (Phi) is 47.9. The summed E-state index contributed by atoms with van der Waals surface area (Å²) < 4.78 is 11.4. The Morgan fingerprint density at radius 3 is 1.60 bits per heavy atom. The van der Waals surface area contributed by atoms with Gasteiger partial charge in [-0.15, -0.1) is 6.54 Å². The first-order valence-electron chi connectivity index (χ1n) is 24.9. The summed E-state index contributed by atoms with van der Waals surface area (Å²) >= 11 is 0. The second-order valence-electron chi connectivity index (χ2n) is 17.3. The summed E-state index contributed by atoms with van der Waals surface area (Å²) in [5.41, 5.74) is 0. The Hall–Kier alpha value is -0.504. The van der Waals surface area contributed by atoms with Gasteiger partial charge in [-0.2, -0.15) is 6.42 Å². The number of unbranched alkanes of at least 4 members (excludes halogenated alkanes) is 18. The van der Waals surface area contributed by atoms with Crippen molar-refractivity contribution in [2.75, 3.05) is 39.5 Å². The minimum atomic E-state index is -0.0244. The zero-order chi connectivity index (χ0) is 41.2. The molecule has 7 heteroatoms. The summed E-state index contributed by atoms with van der Waals surface area (Å²) in [5.74, 6) is 2.11. The molecule has 341 valence electrons. The summed E-state index contributed by atoms with van der Waals surface area (Å²) in [6, 6.07) is 0. The van der Waals surface area contributed by atoms with Crippen molar-refractivity contribution in [2.45, 2.75) is 247 Å². The second kappa shape index (κ2) is 46.6. The largest absolute Gasteiger partial charge is 1.00 e. The molecule has 3 atom stereocenters. The summed E-state index contributed by atoms with van der Waals surface area (Å²) in [6.07, 6.45) is 40.6. The summed E-state index contributed by atoms with van der Waals surface area (Å²) in [4.78, 5) is 27.5. The third kappa shape index (κ3) is 39.4. The number of hydrogen-bond acceptors (Lipinski definition) is 6. The van der Waals surface area contributed by atoms with Gasteiger partial charge in [0.15, 0.2) is 0 Å². The van der Waals surface area contributed by atoms with Crippen molar-refractivity contribution in [1.29, 1.82) is 0 Å². The van der Waals surface area contributed by atoms with Crippen molar-refractivity contribution < 1.29 is 44.0 Å². The van der Waals surface area contributed by atoms with Gasteiger partial charge in [0, 0.05) is 19.4 Å². The molecule has 3 unspecified atom stereocenters. The normalized spacial score (nSPS) is 13.0. The van der Waals surface area contributed by atoms with Crippen LogP contribution in [0.25, 0.3) is 0 Å². The molecule has 0 rings (SSSR count). The van der Waals surface area contributed by atoms with E-state index in [1.807, 2.05) is 0 Å². The van der Waals surface area contributed by atoms with Crippen molar-refractivity contribution in [3.8, 4) is 0 Å². The molecule has 0 aromatic heterocycles. The van der Waals surface area contributed by atoms with E-state index in [-0.39, 0.29) is 38.3 Å². The number of hydrogen-bond donors (Lipinski definition) is 1. The number of aliphatic hydroxyl groups is 1. The van der Waals surface area contributed by atoms with E-state index in [1.165, 1.54) is 122 Å². The minimum absolute atomic E-state index is 0. The molecule has 0 saturated carbocycles. The fraction of sp³-hybridized carbons (Fsp3) is 0.940. The molecule has 0 heterocycles. The molecule has 0 bridgehead atoms. The van der Waals surface area contributed by atoms with Crippen LogP contribution in [0.4, 0.5) is 0 Å². The molecule has 0 aliphatic carbocycles. The number of ether oxygens (including phenoxy) is 2. The van der Waals surface area contributed by atoms with Gasteiger partial charge in [0.25, 0.3) is 0 Å². The van der Waals surface area contributed by atoms with E-state index in [2.05, 4.69) is 45.9 Å². The maximum atomic E-state index is 12.5. The molecule has 0 amide bonds. The smallest absolute Gasteiger partial charge is 0.466 e. The first-order valence-corrected chi connectivity index (χ1v) is 24.9. The molecular formula is C50H98NO5Os. The molecule has 1 radical (unpaired) electrons. The number of carbonyl (C=O) groups is 2. The quantitative estimate of drug-likeness (QED) is 0.0372. The molecule has 57 heavy (non-hydrogen) atoms. The van der Waals surface area contributed by atoms with Gasteiger partial charge in [0.1, 0.15) is 0 Å². The van der Waals surface area contributed by atoms with Crippen LogP contribution in [0, 0.1) is 24.2 Å². The fourth-order valence-electron chi connectivity index (χ4n) is 8.36.